The van der Waals surface area contributed by atoms with Crippen molar-refractivity contribution in [3.63, 3.8) is 0 Å². The minimum Gasteiger partial charge on any atom is -0.258 e. The van der Waals surface area contributed by atoms with E-state index in [2.05, 4.69) is 40.2 Å². The largest absolute Gasteiger partial charge is 0.258 e. The molecule has 44 valence electrons. The summed E-state index contributed by atoms with van der Waals surface area (Å²) >= 11 is 2.19. The number of nitrogens with one attached hydrogen (secondary N) is 1. The first-order valence-corrected chi connectivity index (χ1v) is 3.75. The van der Waals surface area contributed by atoms with Crippen LogP contribution in [0.3, 0.4) is 0 Å². The first-order valence-electron chi connectivity index (χ1n) is 2.67. The summed E-state index contributed by atoms with van der Waals surface area (Å²) in [7, 11) is 0. The Hall–Kier alpha value is 0.690. The van der Waals surface area contributed by atoms with Gasteiger partial charge in [0.2, 0.25) is 0 Å². The zero-order chi connectivity index (χ0) is 5.70. The minimum absolute atomic E-state index is 0.686. The Morgan fingerprint density at radius 3 is 2.43 bits per heavy atom. The van der Waals surface area contributed by atoms with Crippen LogP contribution in [0.2, 0.25) is 0 Å². The Balaban J connectivity index is 2.83. The zero-order valence-corrected chi connectivity index (χ0v) is 7.03. The monoisotopic (exact) mass is 213 g/mol. The normalized spacial score (nSPS) is 14.1. The fourth-order valence-corrected chi connectivity index (χ4v) is 0.799. The molecule has 0 saturated heterocycles. The van der Waals surface area contributed by atoms with E-state index >= 15 is 0 Å². The number of hydrogen-bond acceptors (Lipinski definition) is 1. The van der Waals surface area contributed by atoms with Crippen LogP contribution in [0.4, 0.5) is 0 Å². The average Bonchev–Trinajstić information content (AvgIpc) is 1.68. The lowest BCUT2D eigenvalue weighted by molar-refractivity contribution is 0.630. The molecule has 0 spiro atoms. The van der Waals surface area contributed by atoms with Crippen LogP contribution in [0.25, 0.3) is 0 Å². The van der Waals surface area contributed by atoms with E-state index in [1.807, 2.05) is 0 Å². The van der Waals surface area contributed by atoms with E-state index in [0.29, 0.717) is 6.04 Å². The van der Waals surface area contributed by atoms with Crippen LogP contribution in [0.1, 0.15) is 26.7 Å². The summed E-state index contributed by atoms with van der Waals surface area (Å²) in [6.07, 6.45) is 2.56. The van der Waals surface area contributed by atoms with Crippen LogP contribution in [0.5, 0.6) is 0 Å². The van der Waals surface area contributed by atoms with Gasteiger partial charge in [0.1, 0.15) is 0 Å². The van der Waals surface area contributed by atoms with Gasteiger partial charge in [-0.2, -0.15) is 0 Å². The van der Waals surface area contributed by atoms with Crippen LogP contribution in [-0.2, 0) is 0 Å². The Labute approximate surface area is 59.4 Å². The fourth-order valence-electron chi connectivity index (χ4n) is 0.488. The minimum atomic E-state index is 0.686. The molecule has 0 amide bonds. The molecule has 0 aliphatic carbocycles. The van der Waals surface area contributed by atoms with Gasteiger partial charge in [-0.3, -0.25) is 3.53 Å². The molecule has 0 bridgehead atoms. The molecule has 0 aromatic heterocycles. The highest BCUT2D eigenvalue weighted by atomic mass is 127. The molecule has 1 nitrogen and oxygen atoms in total. The quantitative estimate of drug-likeness (QED) is 0.559. The zero-order valence-electron chi connectivity index (χ0n) is 4.87. The molecule has 0 saturated carbocycles. The summed E-state index contributed by atoms with van der Waals surface area (Å²) in [5.74, 6) is 0. The van der Waals surface area contributed by atoms with Gasteiger partial charge < -0.3 is 0 Å². The first-order chi connectivity index (χ1) is 3.31. The maximum Gasteiger partial charge on any atom is 0.0172 e. The van der Waals surface area contributed by atoms with E-state index < -0.39 is 0 Å². The highest BCUT2D eigenvalue weighted by Gasteiger charge is 1.92. The molecule has 1 N–H and O–H groups in total. The number of halogens is 1. The number of rotatable bonds is 3. The van der Waals surface area contributed by atoms with Crippen molar-refractivity contribution in [3.8, 4) is 0 Å². The van der Waals surface area contributed by atoms with Crippen LogP contribution in [0, 0.1) is 0 Å². The van der Waals surface area contributed by atoms with E-state index in [1.54, 1.807) is 0 Å². The Morgan fingerprint density at radius 2 is 2.29 bits per heavy atom. The molecular weight excluding hydrogens is 201 g/mol. The molecule has 0 aliphatic rings. The molecule has 1 atom stereocenters. The van der Waals surface area contributed by atoms with Gasteiger partial charge in [-0.25, -0.2) is 0 Å². The third kappa shape index (κ3) is 4.55. The van der Waals surface area contributed by atoms with Crippen LogP contribution in [0.15, 0.2) is 0 Å². The smallest absolute Gasteiger partial charge is 0.0172 e. The lowest BCUT2D eigenvalue weighted by Gasteiger charge is -2.03. The second kappa shape index (κ2) is 4.84. The van der Waals surface area contributed by atoms with Crippen molar-refractivity contribution in [2.24, 2.45) is 0 Å². The maximum atomic E-state index is 3.14. The second-order valence-corrected chi connectivity index (χ2v) is 2.42. The van der Waals surface area contributed by atoms with Crippen molar-refractivity contribution < 1.29 is 0 Å². The molecule has 0 fully saturated rings. The van der Waals surface area contributed by atoms with E-state index in [0.717, 1.165) is 0 Å². The van der Waals surface area contributed by atoms with Gasteiger partial charge in [0, 0.05) is 28.9 Å². The molecule has 0 rings (SSSR count). The highest BCUT2D eigenvalue weighted by Crippen LogP contribution is 1.95. The van der Waals surface area contributed by atoms with E-state index in [4.69, 9.17) is 0 Å². The van der Waals surface area contributed by atoms with Gasteiger partial charge >= 0.3 is 0 Å². The Bertz CT molecular complexity index is 39.1. The second-order valence-electron chi connectivity index (χ2n) is 1.80. The SMILES string of the molecule is CCCC(C)NI. The van der Waals surface area contributed by atoms with E-state index in [1.165, 1.54) is 12.8 Å². The van der Waals surface area contributed by atoms with Gasteiger partial charge in [0.15, 0.2) is 0 Å². The molecule has 2 heteroatoms. The average molecular weight is 213 g/mol. The molecule has 0 aromatic carbocycles. The van der Waals surface area contributed by atoms with Gasteiger partial charge in [-0.15, -0.1) is 0 Å². The summed E-state index contributed by atoms with van der Waals surface area (Å²) in [5, 5.41) is 0. The van der Waals surface area contributed by atoms with Crippen LogP contribution < -0.4 is 3.53 Å². The third-order valence-corrected chi connectivity index (χ3v) is 1.97. The topological polar surface area (TPSA) is 12.0 Å². The number of hydrogen-bond donors (Lipinski definition) is 1. The third-order valence-electron chi connectivity index (χ3n) is 0.908. The standard InChI is InChI=1S/C5H12IN/c1-3-4-5(2)7-6/h5,7H,3-4H2,1-2H3. The van der Waals surface area contributed by atoms with E-state index in [-0.39, 0.29) is 0 Å². The lowest BCUT2D eigenvalue weighted by Crippen LogP contribution is -2.13. The fraction of sp³-hybridized carbons (Fsp3) is 1.00. The van der Waals surface area contributed by atoms with Crippen molar-refractivity contribution >= 4 is 22.9 Å². The van der Waals surface area contributed by atoms with Crippen molar-refractivity contribution in [1.29, 1.82) is 0 Å². The molecule has 0 heterocycles. The van der Waals surface area contributed by atoms with Crippen molar-refractivity contribution in [1.82, 2.24) is 3.53 Å². The molecule has 0 aromatic rings. The van der Waals surface area contributed by atoms with Crippen LogP contribution >= 0.6 is 22.9 Å². The van der Waals surface area contributed by atoms with Crippen molar-refractivity contribution in [2.75, 3.05) is 0 Å². The van der Waals surface area contributed by atoms with Gasteiger partial charge in [0.25, 0.3) is 0 Å². The predicted molar refractivity (Wildman–Crippen MR) is 41.5 cm³/mol. The summed E-state index contributed by atoms with van der Waals surface area (Å²) in [4.78, 5) is 0. The molecule has 7 heavy (non-hydrogen) atoms. The summed E-state index contributed by atoms with van der Waals surface area (Å²) in [5.41, 5.74) is 0. The first kappa shape index (κ1) is 7.69. The van der Waals surface area contributed by atoms with E-state index in [9.17, 15) is 0 Å². The Morgan fingerprint density at radius 1 is 1.71 bits per heavy atom. The maximum absolute atomic E-state index is 3.14. The molecular formula is C5H12IN. The van der Waals surface area contributed by atoms with Gasteiger partial charge in [0.05, 0.1) is 0 Å². The summed E-state index contributed by atoms with van der Waals surface area (Å²) < 4.78 is 3.14. The Kier molecular flexibility index (Phi) is 5.32. The molecule has 0 radical (unpaired) electrons. The van der Waals surface area contributed by atoms with Gasteiger partial charge in [-0.1, -0.05) is 13.3 Å². The van der Waals surface area contributed by atoms with Gasteiger partial charge in [-0.05, 0) is 13.3 Å². The van der Waals surface area contributed by atoms with Crippen molar-refractivity contribution in [2.45, 2.75) is 32.7 Å². The highest BCUT2D eigenvalue weighted by molar-refractivity contribution is 14.1. The lowest BCUT2D eigenvalue weighted by atomic mass is 10.2. The molecule has 0 aliphatic heterocycles. The predicted octanol–water partition coefficient (Wildman–Crippen LogP) is 2.11. The molecule has 1 unspecified atom stereocenters. The van der Waals surface area contributed by atoms with Crippen molar-refractivity contribution in [3.05, 3.63) is 0 Å². The summed E-state index contributed by atoms with van der Waals surface area (Å²) in [6.45, 7) is 4.39. The summed E-state index contributed by atoms with van der Waals surface area (Å²) in [6, 6.07) is 0.686. The van der Waals surface area contributed by atoms with Crippen LogP contribution in [-0.4, -0.2) is 6.04 Å².